The van der Waals surface area contributed by atoms with Crippen molar-refractivity contribution < 1.29 is 4.74 Å². The predicted molar refractivity (Wildman–Crippen MR) is 83.6 cm³/mol. The van der Waals surface area contributed by atoms with Gasteiger partial charge in [-0.3, -0.25) is 0 Å². The van der Waals surface area contributed by atoms with Crippen molar-refractivity contribution in [3.8, 4) is 0 Å². The Morgan fingerprint density at radius 2 is 2.32 bits per heavy atom. The molecule has 0 spiro atoms. The van der Waals surface area contributed by atoms with E-state index in [0.717, 1.165) is 24.2 Å². The van der Waals surface area contributed by atoms with Gasteiger partial charge in [0.2, 0.25) is 0 Å². The lowest BCUT2D eigenvalue weighted by atomic mass is 9.98. The maximum Gasteiger partial charge on any atom is 0.0510 e. The van der Waals surface area contributed by atoms with Crippen LogP contribution in [-0.4, -0.2) is 26.8 Å². The van der Waals surface area contributed by atoms with Crippen LogP contribution >= 0.6 is 15.9 Å². The molecule has 2 unspecified atom stereocenters. The van der Waals surface area contributed by atoms with Crippen LogP contribution < -0.4 is 10.6 Å². The van der Waals surface area contributed by atoms with Gasteiger partial charge in [-0.05, 0) is 59.3 Å². The Balaban J connectivity index is 2.12. The van der Waals surface area contributed by atoms with Crippen molar-refractivity contribution in [3.63, 3.8) is 0 Å². The van der Waals surface area contributed by atoms with Crippen LogP contribution in [0, 0.1) is 5.92 Å². The fraction of sp³-hybridized carbons (Fsp3) is 0.600. The molecule has 4 heteroatoms. The first-order valence-corrected chi connectivity index (χ1v) is 7.70. The van der Waals surface area contributed by atoms with Crippen LogP contribution in [0.25, 0.3) is 0 Å². The summed E-state index contributed by atoms with van der Waals surface area (Å²) < 4.78 is 6.43. The maximum absolute atomic E-state index is 5.92. The quantitative estimate of drug-likeness (QED) is 0.922. The van der Waals surface area contributed by atoms with Crippen molar-refractivity contribution in [2.45, 2.75) is 25.8 Å². The Bertz CT molecular complexity index is 421. The van der Waals surface area contributed by atoms with Crippen LogP contribution in [0.3, 0.4) is 0 Å². The summed E-state index contributed by atoms with van der Waals surface area (Å²) >= 11 is 3.68. The maximum atomic E-state index is 5.92. The predicted octanol–water partition coefficient (Wildman–Crippen LogP) is 3.33. The molecule has 2 rings (SSSR count). The highest BCUT2D eigenvalue weighted by atomic mass is 79.9. The molecule has 2 atom stereocenters. The number of rotatable bonds is 4. The average molecular weight is 327 g/mol. The Labute approximate surface area is 124 Å². The number of ether oxygens (including phenoxy) is 1. The molecular weight excluding hydrogens is 304 g/mol. The molecule has 1 aromatic carbocycles. The van der Waals surface area contributed by atoms with Crippen molar-refractivity contribution in [1.29, 1.82) is 0 Å². The first-order valence-electron chi connectivity index (χ1n) is 6.90. The first-order chi connectivity index (χ1) is 9.11. The van der Waals surface area contributed by atoms with Gasteiger partial charge in [-0.15, -0.1) is 0 Å². The smallest absolute Gasteiger partial charge is 0.0510 e. The normalized spacial score (nSPS) is 21.5. The van der Waals surface area contributed by atoms with Crippen LogP contribution in [0.15, 0.2) is 22.7 Å². The van der Waals surface area contributed by atoms with Gasteiger partial charge in [-0.1, -0.05) is 6.07 Å². The van der Waals surface area contributed by atoms with E-state index in [-0.39, 0.29) is 6.04 Å². The van der Waals surface area contributed by atoms with Gasteiger partial charge < -0.3 is 15.4 Å². The minimum absolute atomic E-state index is 0.0768. The molecule has 0 bridgehead atoms. The highest BCUT2D eigenvalue weighted by Gasteiger charge is 2.21. The molecule has 0 aromatic heterocycles. The molecule has 1 aliphatic rings. The van der Waals surface area contributed by atoms with Crippen LogP contribution in [0.5, 0.6) is 0 Å². The summed E-state index contributed by atoms with van der Waals surface area (Å²) in [6.45, 7) is 5.06. The number of nitrogens with zero attached hydrogens (tertiary/aromatic N) is 1. The third-order valence-electron chi connectivity index (χ3n) is 3.76. The topological polar surface area (TPSA) is 38.5 Å². The number of piperidine rings is 1. The highest BCUT2D eigenvalue weighted by Crippen LogP contribution is 2.32. The molecule has 1 aromatic rings. The minimum Gasteiger partial charge on any atom is -0.384 e. The molecule has 1 aliphatic heterocycles. The Hall–Kier alpha value is -0.580. The molecule has 19 heavy (non-hydrogen) atoms. The number of hydrogen-bond acceptors (Lipinski definition) is 3. The third-order valence-corrected chi connectivity index (χ3v) is 4.39. The molecule has 1 fully saturated rings. The van der Waals surface area contributed by atoms with Crippen molar-refractivity contribution in [1.82, 2.24) is 0 Å². The molecule has 0 amide bonds. The molecule has 1 saturated heterocycles. The summed E-state index contributed by atoms with van der Waals surface area (Å²) in [7, 11) is 1.78. The van der Waals surface area contributed by atoms with Gasteiger partial charge in [0, 0.05) is 30.7 Å². The molecule has 1 heterocycles. The third kappa shape index (κ3) is 3.71. The highest BCUT2D eigenvalue weighted by molar-refractivity contribution is 9.10. The molecule has 2 N–H and O–H groups in total. The Kier molecular flexibility index (Phi) is 5.25. The van der Waals surface area contributed by atoms with E-state index in [2.05, 4.69) is 39.0 Å². The van der Waals surface area contributed by atoms with E-state index < -0.39 is 0 Å². The number of hydrogen-bond donors (Lipinski definition) is 1. The van der Waals surface area contributed by atoms with E-state index in [1.165, 1.54) is 24.1 Å². The van der Waals surface area contributed by atoms with Crippen LogP contribution in [-0.2, 0) is 4.74 Å². The van der Waals surface area contributed by atoms with Crippen molar-refractivity contribution in [2.24, 2.45) is 11.7 Å². The van der Waals surface area contributed by atoms with E-state index in [1.807, 2.05) is 6.92 Å². The summed E-state index contributed by atoms with van der Waals surface area (Å²) in [4.78, 5) is 2.45. The van der Waals surface area contributed by atoms with Gasteiger partial charge in [0.1, 0.15) is 0 Å². The summed E-state index contributed by atoms with van der Waals surface area (Å²) in [5.74, 6) is 0.638. The number of methoxy groups -OCH3 is 1. The monoisotopic (exact) mass is 326 g/mol. The van der Waals surface area contributed by atoms with Crippen LogP contribution in [0.1, 0.15) is 31.4 Å². The van der Waals surface area contributed by atoms with Gasteiger partial charge in [0.25, 0.3) is 0 Å². The zero-order valence-corrected chi connectivity index (χ0v) is 13.3. The fourth-order valence-corrected chi connectivity index (χ4v) is 3.37. The molecular formula is C15H23BrN2O. The standard InChI is InChI=1S/C15H23BrN2O/c1-11(17)13-5-6-15(14(16)8-13)18-7-3-4-12(9-18)10-19-2/h5-6,8,11-12H,3-4,7,9-10,17H2,1-2H3. The second-order valence-corrected chi connectivity index (χ2v) is 6.26. The van der Waals surface area contributed by atoms with Gasteiger partial charge in [-0.25, -0.2) is 0 Å². The molecule has 106 valence electrons. The van der Waals surface area contributed by atoms with Crippen LogP contribution in [0.4, 0.5) is 5.69 Å². The van der Waals surface area contributed by atoms with Crippen molar-refractivity contribution in [2.75, 3.05) is 31.7 Å². The fourth-order valence-electron chi connectivity index (χ4n) is 2.72. The number of halogens is 1. The van der Waals surface area contributed by atoms with E-state index in [1.54, 1.807) is 7.11 Å². The van der Waals surface area contributed by atoms with E-state index in [0.29, 0.717) is 5.92 Å². The number of nitrogens with two attached hydrogens (primary N) is 1. The van der Waals surface area contributed by atoms with Gasteiger partial charge in [-0.2, -0.15) is 0 Å². The second kappa shape index (κ2) is 6.73. The van der Waals surface area contributed by atoms with E-state index in [9.17, 15) is 0 Å². The second-order valence-electron chi connectivity index (χ2n) is 5.41. The van der Waals surface area contributed by atoms with Gasteiger partial charge >= 0.3 is 0 Å². The van der Waals surface area contributed by atoms with E-state index >= 15 is 0 Å². The van der Waals surface area contributed by atoms with E-state index in [4.69, 9.17) is 10.5 Å². The molecule has 0 aliphatic carbocycles. The number of benzene rings is 1. The zero-order chi connectivity index (χ0) is 13.8. The number of anilines is 1. The van der Waals surface area contributed by atoms with Gasteiger partial charge in [0.15, 0.2) is 0 Å². The molecule has 0 radical (unpaired) electrons. The lowest BCUT2D eigenvalue weighted by molar-refractivity contribution is 0.143. The van der Waals surface area contributed by atoms with Crippen molar-refractivity contribution >= 4 is 21.6 Å². The van der Waals surface area contributed by atoms with Gasteiger partial charge in [0.05, 0.1) is 12.3 Å². The zero-order valence-electron chi connectivity index (χ0n) is 11.7. The van der Waals surface area contributed by atoms with Crippen LogP contribution in [0.2, 0.25) is 0 Å². The Morgan fingerprint density at radius 1 is 1.53 bits per heavy atom. The summed E-state index contributed by atoms with van der Waals surface area (Å²) in [6, 6.07) is 6.52. The summed E-state index contributed by atoms with van der Waals surface area (Å²) in [5, 5.41) is 0. The average Bonchev–Trinajstić information content (AvgIpc) is 2.39. The minimum atomic E-state index is 0.0768. The summed E-state index contributed by atoms with van der Waals surface area (Å²) in [6.07, 6.45) is 2.50. The summed E-state index contributed by atoms with van der Waals surface area (Å²) in [5.41, 5.74) is 8.36. The van der Waals surface area contributed by atoms with Crippen molar-refractivity contribution in [3.05, 3.63) is 28.2 Å². The SMILES string of the molecule is COCC1CCCN(c2ccc(C(C)N)cc2Br)C1. The Morgan fingerprint density at radius 3 is 2.95 bits per heavy atom. The lowest BCUT2D eigenvalue weighted by Gasteiger charge is -2.35. The lowest BCUT2D eigenvalue weighted by Crippen LogP contribution is -2.37. The largest absolute Gasteiger partial charge is 0.384 e. The molecule has 3 nitrogen and oxygen atoms in total. The molecule has 0 saturated carbocycles. The first kappa shape index (κ1) is 14.8.